The summed E-state index contributed by atoms with van der Waals surface area (Å²) >= 11 is 1.64. The van der Waals surface area contributed by atoms with Crippen LogP contribution >= 0.6 is 11.8 Å². The largest absolute Gasteiger partial charge is 0.324 e. The highest BCUT2D eigenvalue weighted by Crippen LogP contribution is 2.27. The molecule has 0 radical (unpaired) electrons. The SMILES string of the molecule is CN1CCN(CCc2ccc(NC(=O)C3CSCN3C(=O)CC(C)(C)C)cc2)CC1. The highest BCUT2D eigenvalue weighted by atomic mass is 32.2. The molecule has 3 rings (SSSR count). The molecule has 166 valence electrons. The van der Waals surface area contributed by atoms with Crippen molar-refractivity contribution in [2.24, 2.45) is 5.41 Å². The fourth-order valence-electron chi connectivity index (χ4n) is 3.80. The predicted octanol–water partition coefficient (Wildman–Crippen LogP) is 2.75. The lowest BCUT2D eigenvalue weighted by atomic mass is 9.91. The molecule has 2 heterocycles. The number of thioether (sulfide) groups is 1. The van der Waals surface area contributed by atoms with E-state index in [2.05, 4.69) is 55.1 Å². The summed E-state index contributed by atoms with van der Waals surface area (Å²) in [5.41, 5.74) is 2.00. The molecule has 6 nitrogen and oxygen atoms in total. The van der Waals surface area contributed by atoms with Crippen LogP contribution in [0.5, 0.6) is 0 Å². The number of likely N-dealkylation sites (N-methyl/N-ethyl adjacent to an activating group) is 1. The normalized spacial score (nSPS) is 21.1. The minimum absolute atomic E-state index is 0.0619. The molecule has 0 spiro atoms. The molecule has 2 amide bonds. The first-order chi connectivity index (χ1) is 14.2. The van der Waals surface area contributed by atoms with Crippen LogP contribution in [0.2, 0.25) is 0 Å². The third-order valence-corrected chi connectivity index (χ3v) is 6.73. The standard InChI is InChI=1S/C23H36N4O2S/c1-23(2,3)15-21(28)27-17-30-16-20(27)22(29)24-19-7-5-18(6-8-19)9-10-26-13-11-25(4)12-14-26/h5-8,20H,9-17H2,1-4H3,(H,24,29). The lowest BCUT2D eigenvalue weighted by Gasteiger charge is -2.32. The average molecular weight is 433 g/mol. The molecule has 2 fully saturated rings. The van der Waals surface area contributed by atoms with Gasteiger partial charge in [-0.1, -0.05) is 32.9 Å². The number of anilines is 1. The Morgan fingerprint density at radius 2 is 1.77 bits per heavy atom. The molecule has 0 saturated carbocycles. The summed E-state index contributed by atoms with van der Waals surface area (Å²) in [4.78, 5) is 32.0. The van der Waals surface area contributed by atoms with E-state index in [4.69, 9.17) is 0 Å². The Hall–Kier alpha value is -1.57. The molecule has 1 atom stereocenters. The van der Waals surface area contributed by atoms with Gasteiger partial charge in [-0.2, -0.15) is 0 Å². The molecule has 7 heteroatoms. The zero-order chi connectivity index (χ0) is 21.7. The molecule has 1 unspecified atom stereocenters. The summed E-state index contributed by atoms with van der Waals surface area (Å²) in [5, 5.41) is 3.01. The molecule has 0 aromatic heterocycles. The van der Waals surface area contributed by atoms with Crippen LogP contribution in [0.25, 0.3) is 0 Å². The van der Waals surface area contributed by atoms with Crippen molar-refractivity contribution in [3.63, 3.8) is 0 Å². The van der Waals surface area contributed by atoms with Gasteiger partial charge in [0.25, 0.3) is 0 Å². The number of hydrogen-bond acceptors (Lipinski definition) is 5. The summed E-state index contributed by atoms with van der Waals surface area (Å²) in [7, 11) is 2.17. The summed E-state index contributed by atoms with van der Waals surface area (Å²) < 4.78 is 0. The van der Waals surface area contributed by atoms with Crippen molar-refractivity contribution < 1.29 is 9.59 Å². The first-order valence-corrected chi connectivity index (χ1v) is 12.0. The number of nitrogens with zero attached hydrogens (tertiary/aromatic N) is 3. The molecular weight excluding hydrogens is 396 g/mol. The molecule has 0 aliphatic carbocycles. The van der Waals surface area contributed by atoms with Gasteiger partial charge in [-0.15, -0.1) is 11.8 Å². The van der Waals surface area contributed by atoms with E-state index in [1.54, 1.807) is 16.7 Å². The molecule has 0 bridgehead atoms. The average Bonchev–Trinajstić information content (AvgIpc) is 3.18. The van der Waals surface area contributed by atoms with Crippen molar-refractivity contribution in [2.75, 3.05) is 56.7 Å². The zero-order valence-electron chi connectivity index (χ0n) is 18.8. The molecule has 2 saturated heterocycles. The molecule has 30 heavy (non-hydrogen) atoms. The number of carbonyl (C=O) groups excluding carboxylic acids is 2. The van der Waals surface area contributed by atoms with Gasteiger partial charge in [0.2, 0.25) is 11.8 Å². The van der Waals surface area contributed by atoms with E-state index in [1.165, 1.54) is 5.56 Å². The molecule has 1 aromatic rings. The van der Waals surface area contributed by atoms with Gasteiger partial charge in [0.1, 0.15) is 6.04 Å². The first-order valence-electron chi connectivity index (χ1n) is 10.9. The van der Waals surface area contributed by atoms with E-state index >= 15 is 0 Å². The van der Waals surface area contributed by atoms with Crippen LogP contribution in [0.1, 0.15) is 32.8 Å². The third-order valence-electron chi connectivity index (χ3n) is 5.72. The van der Waals surface area contributed by atoms with Gasteiger partial charge < -0.3 is 20.0 Å². The minimum atomic E-state index is -0.387. The molecule has 2 aliphatic heterocycles. The number of benzene rings is 1. The Labute approximate surface area is 185 Å². The van der Waals surface area contributed by atoms with Gasteiger partial charge in [0.15, 0.2) is 0 Å². The summed E-state index contributed by atoms with van der Waals surface area (Å²) in [6, 6.07) is 7.75. The third kappa shape index (κ3) is 6.72. The van der Waals surface area contributed by atoms with E-state index < -0.39 is 0 Å². The van der Waals surface area contributed by atoms with Crippen molar-refractivity contribution in [1.82, 2.24) is 14.7 Å². The summed E-state index contributed by atoms with van der Waals surface area (Å²) in [6.45, 7) is 11.8. The van der Waals surface area contributed by atoms with Crippen LogP contribution in [-0.4, -0.2) is 84.0 Å². The van der Waals surface area contributed by atoms with Gasteiger partial charge in [0.05, 0.1) is 5.88 Å². The van der Waals surface area contributed by atoms with Crippen LogP contribution in [-0.2, 0) is 16.0 Å². The second-order valence-electron chi connectivity index (χ2n) is 9.70. The first kappa shape index (κ1) is 23.1. The smallest absolute Gasteiger partial charge is 0.248 e. The van der Waals surface area contributed by atoms with E-state index in [-0.39, 0.29) is 23.3 Å². The monoisotopic (exact) mass is 432 g/mol. The Morgan fingerprint density at radius 1 is 1.10 bits per heavy atom. The second-order valence-corrected chi connectivity index (χ2v) is 10.7. The quantitative estimate of drug-likeness (QED) is 0.749. The Balaban J connectivity index is 1.49. The van der Waals surface area contributed by atoms with Gasteiger partial charge >= 0.3 is 0 Å². The number of rotatable bonds is 6. The van der Waals surface area contributed by atoms with Gasteiger partial charge in [-0.3, -0.25) is 9.59 Å². The van der Waals surface area contributed by atoms with Crippen molar-refractivity contribution >= 4 is 29.3 Å². The van der Waals surface area contributed by atoms with Gasteiger partial charge in [-0.25, -0.2) is 0 Å². The topological polar surface area (TPSA) is 55.9 Å². The van der Waals surface area contributed by atoms with Gasteiger partial charge in [0, 0.05) is 50.6 Å². The zero-order valence-corrected chi connectivity index (χ0v) is 19.6. The van der Waals surface area contributed by atoms with Crippen molar-refractivity contribution in [1.29, 1.82) is 0 Å². The fraction of sp³-hybridized carbons (Fsp3) is 0.652. The maximum absolute atomic E-state index is 12.8. The lowest BCUT2D eigenvalue weighted by Crippen LogP contribution is -2.45. The van der Waals surface area contributed by atoms with Crippen molar-refractivity contribution in [3.05, 3.63) is 29.8 Å². The number of carbonyl (C=O) groups is 2. The van der Waals surface area contributed by atoms with Crippen LogP contribution < -0.4 is 5.32 Å². The molecule has 2 aliphatic rings. The fourth-order valence-corrected chi connectivity index (χ4v) is 4.98. The van der Waals surface area contributed by atoms with Gasteiger partial charge in [-0.05, 0) is 36.6 Å². The Bertz CT molecular complexity index is 724. The van der Waals surface area contributed by atoms with Crippen LogP contribution in [0.3, 0.4) is 0 Å². The summed E-state index contributed by atoms with van der Waals surface area (Å²) in [6.07, 6.45) is 1.48. The van der Waals surface area contributed by atoms with Crippen LogP contribution in [0.15, 0.2) is 24.3 Å². The van der Waals surface area contributed by atoms with Crippen LogP contribution in [0.4, 0.5) is 5.69 Å². The molecule has 1 aromatic carbocycles. The Morgan fingerprint density at radius 3 is 2.40 bits per heavy atom. The Kier molecular flexibility index (Phi) is 7.82. The second kappa shape index (κ2) is 10.2. The summed E-state index contributed by atoms with van der Waals surface area (Å²) in [5.74, 6) is 1.22. The predicted molar refractivity (Wildman–Crippen MR) is 125 cm³/mol. The number of nitrogens with one attached hydrogen (secondary N) is 1. The lowest BCUT2D eigenvalue weighted by molar-refractivity contribution is -0.137. The minimum Gasteiger partial charge on any atom is -0.324 e. The number of hydrogen-bond donors (Lipinski definition) is 1. The van der Waals surface area contributed by atoms with E-state index in [9.17, 15) is 9.59 Å². The molecular formula is C23H36N4O2S. The number of piperazine rings is 1. The van der Waals surface area contributed by atoms with Crippen molar-refractivity contribution in [2.45, 2.75) is 39.7 Å². The highest BCUT2D eigenvalue weighted by Gasteiger charge is 2.35. The highest BCUT2D eigenvalue weighted by molar-refractivity contribution is 7.99. The van der Waals surface area contributed by atoms with Crippen LogP contribution in [0, 0.1) is 5.41 Å². The van der Waals surface area contributed by atoms with Crippen molar-refractivity contribution in [3.8, 4) is 0 Å². The maximum atomic E-state index is 12.8. The van der Waals surface area contributed by atoms with E-state index in [1.807, 2.05) is 12.1 Å². The van der Waals surface area contributed by atoms with E-state index in [0.29, 0.717) is 18.1 Å². The number of amides is 2. The molecule has 1 N–H and O–H groups in total. The maximum Gasteiger partial charge on any atom is 0.248 e. The van der Waals surface area contributed by atoms with E-state index in [0.717, 1.165) is 44.8 Å².